The monoisotopic (exact) mass is 207 g/mol. The first kappa shape index (κ1) is 9.09. The summed E-state index contributed by atoms with van der Waals surface area (Å²) in [5, 5.41) is 0.698. The van der Waals surface area contributed by atoms with Crippen molar-refractivity contribution in [3.05, 3.63) is 35.0 Å². The lowest BCUT2D eigenvalue weighted by Crippen LogP contribution is -1.85. The van der Waals surface area contributed by atoms with Crippen molar-refractivity contribution in [2.24, 2.45) is 0 Å². The average molecular weight is 208 g/mol. The first-order valence-corrected chi connectivity index (χ1v) is 4.62. The number of H-pyrrole nitrogens is 1. The van der Waals surface area contributed by atoms with E-state index in [1.165, 1.54) is 0 Å². The van der Waals surface area contributed by atoms with Crippen LogP contribution in [0.15, 0.2) is 24.3 Å². The van der Waals surface area contributed by atoms with Crippen LogP contribution in [0.1, 0.15) is 5.69 Å². The lowest BCUT2D eigenvalue weighted by atomic mass is 10.1. The Balaban J connectivity index is 2.54. The minimum atomic E-state index is 0.428. The van der Waals surface area contributed by atoms with Crippen LogP contribution < -0.4 is 5.73 Å². The van der Waals surface area contributed by atoms with Gasteiger partial charge in [0.1, 0.15) is 0 Å². The highest BCUT2D eigenvalue weighted by Crippen LogP contribution is 2.24. The number of aromatic nitrogens is 2. The van der Waals surface area contributed by atoms with Crippen LogP contribution in [0.4, 0.5) is 5.95 Å². The molecule has 0 unspecified atom stereocenters. The largest absolute Gasteiger partial charge is 0.369 e. The molecule has 1 heterocycles. The summed E-state index contributed by atoms with van der Waals surface area (Å²) >= 11 is 5.88. The molecule has 0 saturated carbocycles. The van der Waals surface area contributed by atoms with Crippen LogP contribution in [0.5, 0.6) is 0 Å². The van der Waals surface area contributed by atoms with Gasteiger partial charge in [0.25, 0.3) is 0 Å². The van der Waals surface area contributed by atoms with Crippen molar-refractivity contribution in [1.29, 1.82) is 0 Å². The molecule has 2 rings (SSSR count). The molecule has 1 aromatic carbocycles. The van der Waals surface area contributed by atoms with Gasteiger partial charge in [0.05, 0.1) is 5.69 Å². The number of nitrogens with one attached hydrogen (secondary N) is 1. The van der Waals surface area contributed by atoms with E-state index in [1.807, 2.05) is 31.2 Å². The zero-order valence-corrected chi connectivity index (χ0v) is 8.47. The lowest BCUT2D eigenvalue weighted by Gasteiger charge is -1.98. The summed E-state index contributed by atoms with van der Waals surface area (Å²) in [6.45, 7) is 1.93. The Morgan fingerprint density at radius 2 is 2.21 bits per heavy atom. The second-order valence-corrected chi connectivity index (χ2v) is 3.54. The number of nitrogens with zero attached hydrogens (tertiary/aromatic N) is 1. The third-order valence-electron chi connectivity index (χ3n) is 2.00. The predicted molar refractivity (Wildman–Crippen MR) is 58.2 cm³/mol. The van der Waals surface area contributed by atoms with E-state index in [1.54, 1.807) is 0 Å². The molecule has 0 bridgehead atoms. The van der Waals surface area contributed by atoms with Crippen molar-refractivity contribution in [1.82, 2.24) is 9.97 Å². The molecule has 3 N–H and O–H groups in total. The summed E-state index contributed by atoms with van der Waals surface area (Å²) in [7, 11) is 0. The molecule has 0 radical (unpaired) electrons. The van der Waals surface area contributed by atoms with Gasteiger partial charge in [-0.1, -0.05) is 23.7 Å². The molecule has 0 spiro atoms. The van der Waals surface area contributed by atoms with Gasteiger partial charge in [-0.05, 0) is 19.1 Å². The maximum atomic E-state index is 5.88. The normalized spacial score (nSPS) is 10.4. The molecule has 0 aliphatic heterocycles. The molecule has 1 aromatic heterocycles. The highest BCUT2D eigenvalue weighted by molar-refractivity contribution is 6.30. The second kappa shape index (κ2) is 3.35. The predicted octanol–water partition coefficient (Wildman–Crippen LogP) is 2.62. The number of imidazole rings is 1. The van der Waals surface area contributed by atoms with Gasteiger partial charge < -0.3 is 10.7 Å². The molecule has 0 fully saturated rings. The van der Waals surface area contributed by atoms with Crippen LogP contribution >= 0.6 is 11.6 Å². The first-order chi connectivity index (χ1) is 6.66. The molecule has 14 heavy (non-hydrogen) atoms. The maximum Gasteiger partial charge on any atom is 0.198 e. The molecule has 3 nitrogen and oxygen atoms in total. The number of hydrogen-bond acceptors (Lipinski definition) is 2. The quantitative estimate of drug-likeness (QED) is 0.755. The van der Waals surface area contributed by atoms with Crippen molar-refractivity contribution in [3.63, 3.8) is 0 Å². The zero-order chi connectivity index (χ0) is 10.1. The van der Waals surface area contributed by atoms with Crippen molar-refractivity contribution < 1.29 is 0 Å². The molecule has 0 saturated heterocycles. The van der Waals surface area contributed by atoms with Crippen LogP contribution in [0, 0.1) is 6.92 Å². The number of anilines is 1. The summed E-state index contributed by atoms with van der Waals surface area (Å²) in [6.07, 6.45) is 0. The van der Waals surface area contributed by atoms with E-state index in [-0.39, 0.29) is 0 Å². The van der Waals surface area contributed by atoms with Gasteiger partial charge >= 0.3 is 0 Å². The third kappa shape index (κ3) is 1.59. The topological polar surface area (TPSA) is 54.7 Å². The number of hydrogen-bond donors (Lipinski definition) is 2. The molecule has 4 heteroatoms. The van der Waals surface area contributed by atoms with E-state index in [0.29, 0.717) is 11.0 Å². The minimum Gasteiger partial charge on any atom is -0.369 e. The van der Waals surface area contributed by atoms with Crippen LogP contribution in [0.25, 0.3) is 11.3 Å². The summed E-state index contributed by atoms with van der Waals surface area (Å²) in [5.41, 5.74) is 8.33. The fourth-order valence-electron chi connectivity index (χ4n) is 1.40. The molecular formula is C10H10ClN3. The van der Waals surface area contributed by atoms with E-state index >= 15 is 0 Å². The molecular weight excluding hydrogens is 198 g/mol. The number of aryl methyl sites for hydroxylation is 1. The number of nitrogens with two attached hydrogens (primary N) is 1. The Labute approximate surface area is 86.9 Å². The first-order valence-electron chi connectivity index (χ1n) is 4.25. The fourth-order valence-corrected chi connectivity index (χ4v) is 1.59. The molecule has 2 aromatic rings. The standard InChI is InChI=1S/C10H10ClN3/c1-6-9(14-10(12)13-6)7-3-2-4-8(11)5-7/h2-5H,1H3,(H3,12,13,14). The van der Waals surface area contributed by atoms with Gasteiger partial charge in [-0.3, -0.25) is 0 Å². The van der Waals surface area contributed by atoms with E-state index in [9.17, 15) is 0 Å². The number of benzene rings is 1. The van der Waals surface area contributed by atoms with Crippen LogP contribution in [-0.2, 0) is 0 Å². The number of nitrogen functional groups attached to an aromatic ring is 1. The maximum absolute atomic E-state index is 5.88. The van der Waals surface area contributed by atoms with Gasteiger partial charge in [0.15, 0.2) is 5.95 Å². The van der Waals surface area contributed by atoms with Crippen LogP contribution in [0.2, 0.25) is 5.02 Å². The summed E-state index contributed by atoms with van der Waals surface area (Å²) in [5.74, 6) is 0.428. The molecule has 0 aliphatic carbocycles. The van der Waals surface area contributed by atoms with E-state index < -0.39 is 0 Å². The smallest absolute Gasteiger partial charge is 0.198 e. The number of halogens is 1. The number of rotatable bonds is 1. The third-order valence-corrected chi connectivity index (χ3v) is 2.24. The van der Waals surface area contributed by atoms with Gasteiger partial charge in [-0.15, -0.1) is 0 Å². The zero-order valence-electron chi connectivity index (χ0n) is 7.71. The number of aromatic amines is 1. The van der Waals surface area contributed by atoms with Gasteiger partial charge in [0.2, 0.25) is 0 Å². The molecule has 0 atom stereocenters. The highest BCUT2D eigenvalue weighted by Gasteiger charge is 2.06. The Hall–Kier alpha value is -1.48. The van der Waals surface area contributed by atoms with Crippen LogP contribution in [-0.4, -0.2) is 9.97 Å². The van der Waals surface area contributed by atoms with Crippen molar-refractivity contribution >= 4 is 17.5 Å². The van der Waals surface area contributed by atoms with Crippen molar-refractivity contribution in [3.8, 4) is 11.3 Å². The molecule has 72 valence electrons. The fraction of sp³-hybridized carbons (Fsp3) is 0.100. The van der Waals surface area contributed by atoms with Crippen molar-refractivity contribution in [2.75, 3.05) is 5.73 Å². The van der Waals surface area contributed by atoms with Crippen LogP contribution in [0.3, 0.4) is 0 Å². The summed E-state index contributed by atoms with van der Waals surface area (Å²) in [4.78, 5) is 7.13. The van der Waals surface area contributed by atoms with E-state index in [2.05, 4.69) is 9.97 Å². The van der Waals surface area contributed by atoms with Gasteiger partial charge in [0, 0.05) is 16.3 Å². The molecule has 0 aliphatic rings. The average Bonchev–Trinajstić information content (AvgIpc) is 2.45. The Morgan fingerprint density at radius 1 is 1.43 bits per heavy atom. The Kier molecular flexibility index (Phi) is 2.17. The van der Waals surface area contributed by atoms with E-state index in [0.717, 1.165) is 17.0 Å². The molecule has 0 amide bonds. The highest BCUT2D eigenvalue weighted by atomic mass is 35.5. The SMILES string of the molecule is Cc1[nH]c(N)nc1-c1cccc(Cl)c1. The van der Waals surface area contributed by atoms with Crippen molar-refractivity contribution in [2.45, 2.75) is 6.92 Å². The van der Waals surface area contributed by atoms with Gasteiger partial charge in [-0.25, -0.2) is 4.98 Å². The summed E-state index contributed by atoms with van der Waals surface area (Å²) < 4.78 is 0. The minimum absolute atomic E-state index is 0.428. The Morgan fingerprint density at radius 3 is 2.79 bits per heavy atom. The lowest BCUT2D eigenvalue weighted by molar-refractivity contribution is 1.26. The summed E-state index contributed by atoms with van der Waals surface area (Å²) in [6, 6.07) is 7.54. The van der Waals surface area contributed by atoms with Gasteiger partial charge in [-0.2, -0.15) is 0 Å². The van der Waals surface area contributed by atoms with E-state index in [4.69, 9.17) is 17.3 Å². The Bertz CT molecular complexity index is 462. The second-order valence-electron chi connectivity index (χ2n) is 3.11.